The van der Waals surface area contributed by atoms with Crippen LogP contribution in [0.4, 0.5) is 0 Å². The van der Waals surface area contributed by atoms with Gasteiger partial charge in [0.15, 0.2) is 4.80 Å². The molecule has 0 saturated carbocycles. The first kappa shape index (κ1) is 25.9. The van der Waals surface area contributed by atoms with Crippen LogP contribution in [0.2, 0.25) is 5.02 Å². The predicted octanol–water partition coefficient (Wildman–Crippen LogP) is 4.88. The fourth-order valence-corrected chi connectivity index (χ4v) is 5.07. The highest BCUT2D eigenvalue weighted by Crippen LogP contribution is 2.31. The van der Waals surface area contributed by atoms with Gasteiger partial charge in [-0.2, -0.15) is 0 Å². The lowest BCUT2D eigenvalue weighted by Gasteiger charge is -2.25. The zero-order valence-corrected chi connectivity index (χ0v) is 22.5. The average molecular weight is 525 g/mol. The lowest BCUT2D eigenvalue weighted by molar-refractivity contribution is -0.143. The second-order valence-electron chi connectivity index (χ2n) is 9.36. The Bertz CT molecular complexity index is 1470. The van der Waals surface area contributed by atoms with Gasteiger partial charge in [-0.05, 0) is 68.2 Å². The van der Waals surface area contributed by atoms with E-state index in [4.69, 9.17) is 21.1 Å². The number of ether oxygens (including phenoxy) is 2. The molecule has 3 aromatic rings. The fraction of sp³-hybridized carbons (Fsp3) is 0.321. The minimum Gasteiger partial charge on any atom is -0.493 e. The van der Waals surface area contributed by atoms with Crippen LogP contribution in [0.15, 0.2) is 69.6 Å². The standard InChI is InChI=1S/C28H29ClN2O4S/c1-16(2)15-34-22-12-6-19(7-13-22)14-23-26(32)31-25(20-8-10-21(29)11-9-20)24(27(33)35-17(3)4)18(5)30-28(31)36-23/h6-14,16-17,25H,15H2,1-5H3. The molecular weight excluding hydrogens is 496 g/mol. The number of aromatic nitrogens is 1. The number of esters is 1. The maximum atomic E-state index is 13.7. The Morgan fingerprint density at radius 1 is 1.11 bits per heavy atom. The van der Waals surface area contributed by atoms with Gasteiger partial charge < -0.3 is 9.47 Å². The van der Waals surface area contributed by atoms with Crippen molar-refractivity contribution in [1.29, 1.82) is 0 Å². The number of rotatable bonds is 7. The summed E-state index contributed by atoms with van der Waals surface area (Å²) in [6, 6.07) is 14.1. The van der Waals surface area contributed by atoms with Crippen LogP contribution in [0.25, 0.3) is 6.08 Å². The molecule has 2 heterocycles. The summed E-state index contributed by atoms with van der Waals surface area (Å²) in [6.07, 6.45) is 1.53. The van der Waals surface area contributed by atoms with Gasteiger partial charge in [-0.25, -0.2) is 9.79 Å². The van der Waals surface area contributed by atoms with Gasteiger partial charge in [-0.1, -0.05) is 61.1 Å². The molecule has 4 rings (SSSR count). The number of hydrogen-bond acceptors (Lipinski definition) is 6. The van der Waals surface area contributed by atoms with E-state index >= 15 is 0 Å². The van der Waals surface area contributed by atoms with Crippen molar-refractivity contribution in [3.8, 4) is 5.75 Å². The van der Waals surface area contributed by atoms with E-state index in [1.54, 1.807) is 37.5 Å². The molecule has 0 spiro atoms. The summed E-state index contributed by atoms with van der Waals surface area (Å²) in [4.78, 5) is 31.9. The van der Waals surface area contributed by atoms with Crippen molar-refractivity contribution in [1.82, 2.24) is 4.57 Å². The number of carbonyl (C=O) groups excluding carboxylic acids is 1. The van der Waals surface area contributed by atoms with E-state index in [0.717, 1.165) is 16.9 Å². The van der Waals surface area contributed by atoms with Crippen molar-refractivity contribution < 1.29 is 14.3 Å². The van der Waals surface area contributed by atoms with Crippen molar-refractivity contribution in [3.63, 3.8) is 0 Å². The first-order chi connectivity index (χ1) is 17.1. The Balaban J connectivity index is 1.80. The summed E-state index contributed by atoms with van der Waals surface area (Å²) in [6.45, 7) is 10.2. The van der Waals surface area contributed by atoms with Crippen LogP contribution < -0.4 is 19.6 Å². The van der Waals surface area contributed by atoms with Crippen molar-refractivity contribution in [2.24, 2.45) is 10.9 Å². The van der Waals surface area contributed by atoms with Crippen molar-refractivity contribution in [2.75, 3.05) is 6.61 Å². The van der Waals surface area contributed by atoms with Crippen LogP contribution >= 0.6 is 22.9 Å². The largest absolute Gasteiger partial charge is 0.493 e. The summed E-state index contributed by atoms with van der Waals surface area (Å²) >= 11 is 7.41. The van der Waals surface area contributed by atoms with E-state index in [2.05, 4.69) is 18.8 Å². The van der Waals surface area contributed by atoms with Gasteiger partial charge in [0.25, 0.3) is 5.56 Å². The highest BCUT2D eigenvalue weighted by Gasteiger charge is 2.33. The van der Waals surface area contributed by atoms with E-state index in [9.17, 15) is 9.59 Å². The van der Waals surface area contributed by atoms with E-state index in [-0.39, 0.29) is 11.7 Å². The molecule has 36 heavy (non-hydrogen) atoms. The highest BCUT2D eigenvalue weighted by molar-refractivity contribution is 7.07. The highest BCUT2D eigenvalue weighted by atomic mass is 35.5. The van der Waals surface area contributed by atoms with Crippen molar-refractivity contribution >= 4 is 35.0 Å². The molecule has 1 aliphatic heterocycles. The Morgan fingerprint density at radius 2 is 1.78 bits per heavy atom. The molecule has 0 N–H and O–H groups in total. The van der Waals surface area contributed by atoms with Gasteiger partial charge in [0.05, 0.1) is 34.6 Å². The molecule has 6 nitrogen and oxygen atoms in total. The topological polar surface area (TPSA) is 69.9 Å². The monoisotopic (exact) mass is 524 g/mol. The Labute approximate surface area is 219 Å². The molecule has 0 amide bonds. The quantitative estimate of drug-likeness (QED) is 0.413. The van der Waals surface area contributed by atoms with E-state index < -0.39 is 12.0 Å². The summed E-state index contributed by atoms with van der Waals surface area (Å²) < 4.78 is 13.4. The molecule has 1 atom stereocenters. The number of hydrogen-bond donors (Lipinski definition) is 0. The zero-order valence-electron chi connectivity index (χ0n) is 20.9. The SMILES string of the molecule is CC1=C(C(=O)OC(C)C)C(c2ccc(Cl)cc2)n2c(sc(=Cc3ccc(OCC(C)C)cc3)c2=O)=N1. The molecule has 0 fully saturated rings. The molecule has 0 aliphatic carbocycles. The molecule has 188 valence electrons. The summed E-state index contributed by atoms with van der Waals surface area (Å²) in [5.41, 5.74) is 2.27. The molecule has 1 aromatic heterocycles. The van der Waals surface area contributed by atoms with Crippen LogP contribution in [0.1, 0.15) is 51.8 Å². The number of allylic oxidation sites excluding steroid dienone is 1. The normalized spacial score (nSPS) is 15.8. The minimum atomic E-state index is -0.668. The predicted molar refractivity (Wildman–Crippen MR) is 143 cm³/mol. The molecule has 2 aromatic carbocycles. The number of benzene rings is 2. The average Bonchev–Trinajstić information content (AvgIpc) is 3.12. The van der Waals surface area contributed by atoms with Crippen molar-refractivity contribution in [3.05, 3.63) is 95.6 Å². The van der Waals surface area contributed by atoms with Crippen LogP contribution in [0, 0.1) is 5.92 Å². The van der Waals surface area contributed by atoms with E-state index in [0.29, 0.717) is 38.2 Å². The van der Waals surface area contributed by atoms with Gasteiger partial charge in [0, 0.05) is 5.02 Å². The maximum Gasteiger partial charge on any atom is 0.338 e. The van der Waals surface area contributed by atoms with Crippen LogP contribution in [-0.2, 0) is 9.53 Å². The molecule has 0 saturated heterocycles. The number of carbonyl (C=O) groups is 1. The first-order valence-corrected chi connectivity index (χ1v) is 13.1. The Kier molecular flexibility index (Phi) is 7.81. The second-order valence-corrected chi connectivity index (χ2v) is 10.8. The number of nitrogens with zero attached hydrogens (tertiary/aromatic N) is 2. The lowest BCUT2D eigenvalue weighted by atomic mass is 9.96. The van der Waals surface area contributed by atoms with Crippen molar-refractivity contribution in [2.45, 2.75) is 46.8 Å². The summed E-state index contributed by atoms with van der Waals surface area (Å²) in [5.74, 6) is 0.734. The molecule has 0 radical (unpaired) electrons. The second kappa shape index (κ2) is 10.8. The molecular formula is C28H29ClN2O4S. The molecule has 0 bridgehead atoms. The minimum absolute atomic E-state index is 0.221. The summed E-state index contributed by atoms with van der Waals surface area (Å²) in [7, 11) is 0. The van der Waals surface area contributed by atoms with E-state index in [1.807, 2.05) is 42.5 Å². The maximum absolute atomic E-state index is 13.7. The van der Waals surface area contributed by atoms with Crippen LogP contribution in [0.5, 0.6) is 5.75 Å². The van der Waals surface area contributed by atoms with Gasteiger partial charge >= 0.3 is 5.97 Å². The van der Waals surface area contributed by atoms with E-state index in [1.165, 1.54) is 11.3 Å². The van der Waals surface area contributed by atoms with Gasteiger partial charge in [0.2, 0.25) is 0 Å². The Hall–Kier alpha value is -3.16. The molecule has 1 unspecified atom stereocenters. The third-order valence-electron chi connectivity index (χ3n) is 5.53. The third-order valence-corrected chi connectivity index (χ3v) is 6.77. The number of halogens is 1. The third kappa shape index (κ3) is 5.63. The smallest absolute Gasteiger partial charge is 0.338 e. The first-order valence-electron chi connectivity index (χ1n) is 11.9. The number of fused-ring (bicyclic) bond motifs is 1. The van der Waals surface area contributed by atoms with Gasteiger partial charge in [-0.15, -0.1) is 0 Å². The molecule has 8 heteroatoms. The lowest BCUT2D eigenvalue weighted by Crippen LogP contribution is -2.40. The molecule has 1 aliphatic rings. The van der Waals surface area contributed by atoms with Crippen LogP contribution in [0.3, 0.4) is 0 Å². The Morgan fingerprint density at radius 3 is 2.39 bits per heavy atom. The van der Waals surface area contributed by atoms with Crippen LogP contribution in [-0.4, -0.2) is 23.2 Å². The number of thiazole rings is 1. The van der Waals surface area contributed by atoms with Gasteiger partial charge in [-0.3, -0.25) is 9.36 Å². The fourth-order valence-electron chi connectivity index (χ4n) is 3.90. The van der Waals surface area contributed by atoms with Gasteiger partial charge in [0.1, 0.15) is 5.75 Å². The zero-order chi connectivity index (χ0) is 26.0. The summed E-state index contributed by atoms with van der Waals surface area (Å²) in [5, 5.41) is 0.569.